The van der Waals surface area contributed by atoms with Crippen molar-refractivity contribution in [2.24, 2.45) is 5.41 Å². The summed E-state index contributed by atoms with van der Waals surface area (Å²) in [7, 11) is 3.17. The first-order chi connectivity index (χ1) is 16.1. The van der Waals surface area contributed by atoms with E-state index in [-0.39, 0.29) is 34.4 Å². The fraction of sp³-hybridized carbons (Fsp3) is 0.480. The molecule has 1 aliphatic heterocycles. The topological polar surface area (TPSA) is 121 Å². The summed E-state index contributed by atoms with van der Waals surface area (Å²) in [6, 6.07) is 6.45. The Bertz CT molecular complexity index is 1100. The van der Waals surface area contributed by atoms with Crippen molar-refractivity contribution in [3.05, 3.63) is 47.4 Å². The van der Waals surface area contributed by atoms with Crippen LogP contribution in [0, 0.1) is 12.3 Å². The van der Waals surface area contributed by atoms with Crippen LogP contribution < -0.4 is 10.6 Å². The molecular formula is C25H31N3O6. The van der Waals surface area contributed by atoms with Gasteiger partial charge in [0.2, 0.25) is 11.6 Å². The van der Waals surface area contributed by atoms with Gasteiger partial charge in [0.05, 0.1) is 17.3 Å². The monoisotopic (exact) mass is 469 g/mol. The number of benzene rings is 1. The molecule has 3 N–H and O–H groups in total. The Morgan fingerprint density at radius 2 is 1.79 bits per heavy atom. The molecule has 2 heterocycles. The fourth-order valence-electron chi connectivity index (χ4n) is 4.62. The molecule has 1 aromatic heterocycles. The van der Waals surface area contributed by atoms with Crippen molar-refractivity contribution < 1.29 is 28.6 Å². The lowest BCUT2D eigenvalue weighted by Gasteiger charge is -2.44. The molecule has 9 heteroatoms. The number of carbonyl (C=O) groups excluding carboxylic acids is 3. The molecule has 1 saturated carbocycles. The van der Waals surface area contributed by atoms with E-state index in [0.717, 1.165) is 18.6 Å². The normalized spacial score (nSPS) is 22.7. The van der Waals surface area contributed by atoms with Gasteiger partial charge in [0, 0.05) is 27.3 Å². The van der Waals surface area contributed by atoms with Gasteiger partial charge in [0.15, 0.2) is 5.75 Å². The number of rotatable bonds is 7. The summed E-state index contributed by atoms with van der Waals surface area (Å²) in [6.07, 6.45) is 1.54. The molecule has 3 unspecified atom stereocenters. The number of anilines is 1. The SMILES string of the molecule is Cc1ccc(C(NC2C(=O)C(=O)C2Nc2cccc(C(=O)N(C)C)c2O)C2(C)CCOCC2)o1. The zero-order valence-electron chi connectivity index (χ0n) is 19.9. The van der Waals surface area contributed by atoms with Crippen molar-refractivity contribution in [1.82, 2.24) is 10.2 Å². The lowest BCUT2D eigenvalue weighted by Crippen LogP contribution is -2.68. The first-order valence-electron chi connectivity index (χ1n) is 11.4. The molecule has 3 atom stereocenters. The molecule has 4 rings (SSSR count). The fourth-order valence-corrected chi connectivity index (χ4v) is 4.62. The number of aromatic hydroxyl groups is 1. The molecule has 2 aromatic rings. The molecule has 1 aliphatic carbocycles. The molecule has 0 spiro atoms. The van der Waals surface area contributed by atoms with Gasteiger partial charge < -0.3 is 24.5 Å². The Morgan fingerprint density at radius 1 is 1.12 bits per heavy atom. The Labute approximate surface area is 198 Å². The van der Waals surface area contributed by atoms with Crippen molar-refractivity contribution in [3.8, 4) is 5.75 Å². The van der Waals surface area contributed by atoms with Gasteiger partial charge in [-0.1, -0.05) is 13.0 Å². The standard InChI is InChI=1S/C25H31N3O6/c1-14-8-9-17(34-14)23(25(2)10-12-33-13-11-25)27-19-18(21(30)22(19)31)26-16-7-5-6-15(20(16)29)24(32)28(3)4/h5-9,18-19,23,26-27,29H,10-13H2,1-4H3. The third-order valence-corrected chi connectivity index (χ3v) is 6.85. The van der Waals surface area contributed by atoms with Gasteiger partial charge in [0.25, 0.3) is 5.91 Å². The molecular weight excluding hydrogens is 438 g/mol. The van der Waals surface area contributed by atoms with E-state index < -0.39 is 23.7 Å². The number of ketones is 2. The van der Waals surface area contributed by atoms with Crippen molar-refractivity contribution >= 4 is 23.2 Å². The van der Waals surface area contributed by atoms with Crippen molar-refractivity contribution in [2.75, 3.05) is 32.6 Å². The molecule has 182 valence electrons. The maximum atomic E-state index is 12.6. The van der Waals surface area contributed by atoms with Crippen LogP contribution in [-0.2, 0) is 14.3 Å². The van der Waals surface area contributed by atoms with Crippen LogP contribution in [0.1, 0.15) is 47.7 Å². The van der Waals surface area contributed by atoms with E-state index in [0.29, 0.717) is 19.0 Å². The smallest absolute Gasteiger partial charge is 0.257 e. The molecule has 34 heavy (non-hydrogen) atoms. The van der Waals surface area contributed by atoms with Gasteiger partial charge in [-0.2, -0.15) is 0 Å². The van der Waals surface area contributed by atoms with Gasteiger partial charge in [0.1, 0.15) is 23.6 Å². The quantitative estimate of drug-likeness (QED) is 0.418. The number of ether oxygens (including phenoxy) is 1. The number of amides is 1. The number of Topliss-reactive ketones (excluding diaryl/α,β-unsaturated/α-hetero) is 2. The summed E-state index contributed by atoms with van der Waals surface area (Å²) in [6.45, 7) is 5.20. The zero-order valence-corrected chi connectivity index (χ0v) is 19.9. The summed E-state index contributed by atoms with van der Waals surface area (Å²) >= 11 is 0. The lowest BCUT2D eigenvalue weighted by molar-refractivity contribution is -0.146. The molecule has 1 amide bonds. The Morgan fingerprint density at radius 3 is 2.41 bits per heavy atom. The molecule has 1 aromatic carbocycles. The van der Waals surface area contributed by atoms with Crippen molar-refractivity contribution in [2.45, 2.75) is 44.8 Å². The maximum absolute atomic E-state index is 12.6. The number of aryl methyl sites for hydroxylation is 1. The van der Waals surface area contributed by atoms with Gasteiger partial charge in [-0.25, -0.2) is 0 Å². The number of nitrogens with zero attached hydrogens (tertiary/aromatic N) is 1. The van der Waals surface area contributed by atoms with Crippen LogP contribution in [0.4, 0.5) is 5.69 Å². The summed E-state index contributed by atoms with van der Waals surface area (Å²) in [4.78, 5) is 38.9. The minimum absolute atomic E-state index is 0.108. The van der Waals surface area contributed by atoms with Gasteiger partial charge in [-0.05, 0) is 49.4 Å². The largest absolute Gasteiger partial charge is 0.505 e. The molecule has 1 saturated heterocycles. The molecule has 2 aliphatic rings. The predicted octanol–water partition coefficient (Wildman–Crippen LogP) is 2.44. The predicted molar refractivity (Wildman–Crippen MR) is 125 cm³/mol. The van der Waals surface area contributed by atoms with Gasteiger partial charge in [-0.3, -0.25) is 19.7 Å². The minimum atomic E-state index is -0.884. The number of para-hydroxylation sites is 1. The Kier molecular flexibility index (Phi) is 6.51. The van der Waals surface area contributed by atoms with Gasteiger partial charge >= 0.3 is 0 Å². The van der Waals surface area contributed by atoms with Gasteiger partial charge in [-0.15, -0.1) is 0 Å². The molecule has 0 radical (unpaired) electrons. The highest BCUT2D eigenvalue weighted by molar-refractivity contribution is 6.49. The third kappa shape index (κ3) is 4.33. The first-order valence-corrected chi connectivity index (χ1v) is 11.4. The Balaban J connectivity index is 1.60. The number of hydrogen-bond donors (Lipinski definition) is 3. The van der Waals surface area contributed by atoms with Crippen LogP contribution in [0.15, 0.2) is 34.7 Å². The van der Waals surface area contributed by atoms with Crippen LogP contribution in [0.2, 0.25) is 0 Å². The maximum Gasteiger partial charge on any atom is 0.257 e. The van der Waals surface area contributed by atoms with E-state index in [1.54, 1.807) is 26.2 Å². The summed E-state index contributed by atoms with van der Waals surface area (Å²) < 4.78 is 11.5. The summed E-state index contributed by atoms with van der Waals surface area (Å²) in [5.74, 6) is -0.270. The highest BCUT2D eigenvalue weighted by Gasteiger charge is 2.52. The second kappa shape index (κ2) is 9.23. The van der Waals surface area contributed by atoms with Crippen LogP contribution >= 0.6 is 0 Å². The highest BCUT2D eigenvalue weighted by Crippen LogP contribution is 2.43. The van der Waals surface area contributed by atoms with E-state index in [9.17, 15) is 19.5 Å². The van der Waals surface area contributed by atoms with E-state index in [1.807, 2.05) is 19.1 Å². The summed E-state index contributed by atoms with van der Waals surface area (Å²) in [5, 5.41) is 17.0. The molecule has 0 bridgehead atoms. The van der Waals surface area contributed by atoms with Crippen LogP contribution in [-0.4, -0.2) is 66.9 Å². The van der Waals surface area contributed by atoms with E-state index in [4.69, 9.17) is 9.15 Å². The third-order valence-electron chi connectivity index (χ3n) is 6.85. The zero-order chi connectivity index (χ0) is 24.6. The number of phenolic OH excluding ortho intramolecular Hbond substituents is 1. The second-order valence-corrected chi connectivity index (χ2v) is 9.54. The summed E-state index contributed by atoms with van der Waals surface area (Å²) in [5.41, 5.74) is 0.0796. The number of furan rings is 1. The van der Waals surface area contributed by atoms with E-state index in [1.165, 1.54) is 11.0 Å². The van der Waals surface area contributed by atoms with E-state index in [2.05, 4.69) is 17.6 Å². The van der Waals surface area contributed by atoms with Crippen LogP contribution in [0.25, 0.3) is 0 Å². The number of nitrogens with one attached hydrogen (secondary N) is 2. The Hall–Kier alpha value is -3.17. The van der Waals surface area contributed by atoms with E-state index >= 15 is 0 Å². The highest BCUT2D eigenvalue weighted by atomic mass is 16.5. The van der Waals surface area contributed by atoms with Crippen LogP contribution in [0.5, 0.6) is 5.75 Å². The minimum Gasteiger partial charge on any atom is -0.505 e. The first kappa shape index (κ1) is 24.0. The second-order valence-electron chi connectivity index (χ2n) is 9.54. The molecule has 9 nitrogen and oxygen atoms in total. The van der Waals surface area contributed by atoms with Crippen molar-refractivity contribution in [3.63, 3.8) is 0 Å². The number of carbonyl (C=O) groups is 3. The molecule has 2 fully saturated rings. The number of phenols is 1. The average Bonchev–Trinajstić information content (AvgIpc) is 3.24. The average molecular weight is 470 g/mol. The number of hydrogen-bond acceptors (Lipinski definition) is 8. The van der Waals surface area contributed by atoms with Crippen molar-refractivity contribution in [1.29, 1.82) is 0 Å². The lowest BCUT2D eigenvalue weighted by atomic mass is 9.72. The van der Waals surface area contributed by atoms with Crippen LogP contribution in [0.3, 0.4) is 0 Å².